The highest BCUT2D eigenvalue weighted by molar-refractivity contribution is 5.96. The quantitative estimate of drug-likeness (QED) is 0.199. The Balaban J connectivity index is 1.08. The summed E-state index contributed by atoms with van der Waals surface area (Å²) in [7, 11) is 0. The number of ketones is 1. The van der Waals surface area contributed by atoms with Crippen LogP contribution in [0, 0.1) is 70.5 Å². The number of hydrogen-bond acceptors (Lipinski definition) is 6. The van der Waals surface area contributed by atoms with Gasteiger partial charge in [0.15, 0.2) is 0 Å². The Labute approximate surface area is 246 Å². The summed E-state index contributed by atoms with van der Waals surface area (Å²) in [4.78, 5) is 51.8. The Bertz CT molecular complexity index is 1080. The molecule has 5 saturated carbocycles. The van der Waals surface area contributed by atoms with Crippen LogP contribution in [-0.2, 0) is 28.7 Å². The number of Topliss-reactive ketones (excluding diaryl/α,β-unsaturated/α-hetero) is 1. The fourth-order valence-corrected chi connectivity index (χ4v) is 11.5. The van der Waals surface area contributed by atoms with Gasteiger partial charge in [-0.15, -0.1) is 0 Å². The molecular formula is C35H52O6. The summed E-state index contributed by atoms with van der Waals surface area (Å²) >= 11 is 0. The fraction of sp³-hybridized carbons (Fsp3) is 0.886. The maximum atomic E-state index is 13.8. The Morgan fingerprint density at radius 2 is 1.63 bits per heavy atom. The van der Waals surface area contributed by atoms with Crippen molar-refractivity contribution in [3.8, 4) is 0 Å². The largest absolute Gasteiger partial charge is 0.459 e. The first kappa shape index (κ1) is 29.4. The number of cyclic esters (lactones) is 2. The van der Waals surface area contributed by atoms with Gasteiger partial charge in [0.25, 0.3) is 0 Å². The van der Waals surface area contributed by atoms with E-state index in [1.54, 1.807) is 6.92 Å². The zero-order valence-corrected chi connectivity index (χ0v) is 26.0. The molecule has 6 nitrogen and oxygen atoms in total. The second kappa shape index (κ2) is 10.8. The Kier molecular flexibility index (Phi) is 7.71. The Morgan fingerprint density at radius 1 is 0.927 bits per heavy atom. The molecule has 1 heterocycles. The van der Waals surface area contributed by atoms with Gasteiger partial charge >= 0.3 is 17.9 Å². The lowest BCUT2D eigenvalue weighted by Crippen LogP contribution is -2.45. The van der Waals surface area contributed by atoms with Crippen LogP contribution in [-0.4, -0.2) is 29.3 Å². The SMILES string of the molecule is CCC1C2CC(C(C)=O)C(C2)C1CCC1C(=O)OC(=O)C1CCC(C)(CC)C(=O)OC1(C)CC2CC1C1CCCC21. The van der Waals surface area contributed by atoms with Crippen LogP contribution in [0.5, 0.6) is 0 Å². The van der Waals surface area contributed by atoms with E-state index < -0.39 is 29.2 Å². The van der Waals surface area contributed by atoms with Crippen molar-refractivity contribution in [2.45, 2.75) is 124 Å². The average Bonchev–Trinajstić information content (AvgIpc) is 3.75. The highest BCUT2D eigenvalue weighted by Gasteiger charge is 2.61. The monoisotopic (exact) mass is 568 g/mol. The van der Waals surface area contributed by atoms with E-state index in [1.165, 1.54) is 25.7 Å². The van der Waals surface area contributed by atoms with Crippen LogP contribution in [0.4, 0.5) is 0 Å². The number of carbonyl (C=O) groups is 4. The first-order valence-corrected chi connectivity index (χ1v) is 17.0. The van der Waals surface area contributed by atoms with Crippen molar-refractivity contribution in [2.75, 3.05) is 0 Å². The zero-order chi connectivity index (χ0) is 29.3. The summed E-state index contributed by atoms with van der Waals surface area (Å²) in [6.07, 6.45) is 12.5. The van der Waals surface area contributed by atoms with Crippen molar-refractivity contribution in [2.24, 2.45) is 70.5 Å². The average molecular weight is 569 g/mol. The van der Waals surface area contributed by atoms with Gasteiger partial charge in [-0.3, -0.25) is 19.2 Å². The van der Waals surface area contributed by atoms with Gasteiger partial charge in [0.1, 0.15) is 11.4 Å². The molecule has 0 N–H and O–H groups in total. The van der Waals surface area contributed by atoms with Crippen LogP contribution < -0.4 is 0 Å². The molecule has 0 aromatic rings. The first-order valence-electron chi connectivity index (χ1n) is 17.0. The Morgan fingerprint density at radius 3 is 2.32 bits per heavy atom. The minimum absolute atomic E-state index is 0.137. The second-order valence-corrected chi connectivity index (χ2v) is 15.6. The van der Waals surface area contributed by atoms with Gasteiger partial charge in [-0.25, -0.2) is 0 Å². The molecule has 41 heavy (non-hydrogen) atoms. The molecule has 5 aliphatic carbocycles. The fourth-order valence-electron chi connectivity index (χ4n) is 11.5. The first-order chi connectivity index (χ1) is 19.5. The van der Waals surface area contributed by atoms with Gasteiger partial charge < -0.3 is 9.47 Å². The molecule has 1 aliphatic heterocycles. The predicted molar refractivity (Wildman–Crippen MR) is 154 cm³/mol. The van der Waals surface area contributed by atoms with Gasteiger partial charge in [0.05, 0.1) is 17.3 Å². The summed E-state index contributed by atoms with van der Waals surface area (Å²) in [5.41, 5.74) is -1.06. The van der Waals surface area contributed by atoms with E-state index in [0.29, 0.717) is 72.9 Å². The molecule has 0 aromatic heterocycles. The third-order valence-corrected chi connectivity index (χ3v) is 13.8. The molecule has 0 aromatic carbocycles. The van der Waals surface area contributed by atoms with Crippen LogP contribution >= 0.6 is 0 Å². The zero-order valence-electron chi connectivity index (χ0n) is 26.0. The molecule has 0 spiro atoms. The number of carbonyl (C=O) groups excluding carboxylic acids is 4. The maximum absolute atomic E-state index is 13.8. The van der Waals surface area contributed by atoms with Crippen molar-refractivity contribution in [1.82, 2.24) is 0 Å². The van der Waals surface area contributed by atoms with E-state index >= 15 is 0 Å². The van der Waals surface area contributed by atoms with Gasteiger partial charge in [0.2, 0.25) is 0 Å². The van der Waals surface area contributed by atoms with Crippen molar-refractivity contribution >= 4 is 23.7 Å². The molecule has 6 heteroatoms. The van der Waals surface area contributed by atoms with Crippen molar-refractivity contribution < 1.29 is 28.7 Å². The molecule has 13 unspecified atom stereocenters. The molecule has 0 amide bonds. The van der Waals surface area contributed by atoms with E-state index in [-0.39, 0.29) is 17.5 Å². The highest BCUT2D eigenvalue weighted by Crippen LogP contribution is 2.64. The smallest absolute Gasteiger partial charge is 0.317 e. The molecule has 228 valence electrons. The molecule has 6 rings (SSSR count). The van der Waals surface area contributed by atoms with E-state index in [2.05, 4.69) is 13.8 Å². The van der Waals surface area contributed by atoms with E-state index in [9.17, 15) is 19.2 Å². The number of rotatable bonds is 11. The molecular weight excluding hydrogens is 516 g/mol. The third-order valence-electron chi connectivity index (χ3n) is 13.8. The molecule has 6 fully saturated rings. The molecule has 6 aliphatic rings. The number of hydrogen-bond donors (Lipinski definition) is 0. The lowest BCUT2D eigenvalue weighted by molar-refractivity contribution is -0.179. The lowest BCUT2D eigenvalue weighted by atomic mass is 9.69. The van der Waals surface area contributed by atoms with Crippen LogP contribution in [0.3, 0.4) is 0 Å². The van der Waals surface area contributed by atoms with Crippen LogP contribution in [0.15, 0.2) is 0 Å². The molecule has 4 bridgehead atoms. The van der Waals surface area contributed by atoms with E-state index in [4.69, 9.17) is 9.47 Å². The van der Waals surface area contributed by atoms with Gasteiger partial charge in [-0.05, 0) is 133 Å². The maximum Gasteiger partial charge on any atom is 0.317 e. The van der Waals surface area contributed by atoms with Gasteiger partial charge in [-0.2, -0.15) is 0 Å². The third kappa shape index (κ3) is 4.82. The summed E-state index contributed by atoms with van der Waals surface area (Å²) in [6.45, 7) is 10.1. The van der Waals surface area contributed by atoms with Crippen LogP contribution in [0.25, 0.3) is 0 Å². The summed E-state index contributed by atoms with van der Waals surface area (Å²) in [5.74, 6) is 3.36. The minimum atomic E-state index is -0.691. The van der Waals surface area contributed by atoms with E-state index in [1.807, 2.05) is 13.8 Å². The second-order valence-electron chi connectivity index (χ2n) is 15.6. The predicted octanol–water partition coefficient (Wildman–Crippen LogP) is 6.92. The standard InChI is InChI=1S/C35H52O6/c1-6-22-20-15-28(19(3)36)29(16-20)24(22)11-12-26-27(32(38)40-31(26)37)13-14-34(4,7-2)33(39)41-35(5)18-21-17-30(35)25-10-8-9-23(21)25/h20-30H,6-18H2,1-5H3. The topological polar surface area (TPSA) is 86.7 Å². The lowest BCUT2D eigenvalue weighted by Gasteiger charge is -2.42. The number of esters is 3. The van der Waals surface area contributed by atoms with Crippen molar-refractivity contribution in [3.63, 3.8) is 0 Å². The summed E-state index contributed by atoms with van der Waals surface area (Å²) in [6, 6.07) is 0. The minimum Gasteiger partial charge on any atom is -0.459 e. The summed E-state index contributed by atoms with van der Waals surface area (Å²) < 4.78 is 11.6. The number of fused-ring (bicyclic) bond motifs is 7. The highest BCUT2D eigenvalue weighted by atomic mass is 16.6. The molecule has 13 atom stereocenters. The molecule has 0 radical (unpaired) electrons. The van der Waals surface area contributed by atoms with Crippen LogP contribution in [0.2, 0.25) is 0 Å². The van der Waals surface area contributed by atoms with Crippen LogP contribution in [0.1, 0.15) is 118 Å². The van der Waals surface area contributed by atoms with Gasteiger partial charge in [0, 0.05) is 11.8 Å². The normalized spacial score (nSPS) is 45.6. The molecule has 1 saturated heterocycles. The van der Waals surface area contributed by atoms with E-state index in [0.717, 1.165) is 38.0 Å². The van der Waals surface area contributed by atoms with Crippen molar-refractivity contribution in [3.05, 3.63) is 0 Å². The van der Waals surface area contributed by atoms with Crippen molar-refractivity contribution in [1.29, 1.82) is 0 Å². The summed E-state index contributed by atoms with van der Waals surface area (Å²) in [5, 5.41) is 0. The Hall–Kier alpha value is -1.72. The number of ether oxygens (including phenoxy) is 2. The van der Waals surface area contributed by atoms with Gasteiger partial charge in [-0.1, -0.05) is 26.7 Å².